The molecule has 1 aromatic carbocycles. The summed E-state index contributed by atoms with van der Waals surface area (Å²) in [4.78, 5) is 29.0. The number of aromatic nitrogens is 1. The van der Waals surface area contributed by atoms with Crippen LogP contribution in [0.5, 0.6) is 5.75 Å². The lowest BCUT2D eigenvalue weighted by atomic mass is 9.85. The first-order chi connectivity index (χ1) is 16.1. The van der Waals surface area contributed by atoms with Crippen molar-refractivity contribution in [2.75, 3.05) is 11.9 Å². The molecule has 9 heteroatoms. The number of carbonyl (C=O) groups is 2. The van der Waals surface area contributed by atoms with Gasteiger partial charge in [-0.2, -0.15) is 0 Å². The zero-order chi connectivity index (χ0) is 24.9. The first kappa shape index (κ1) is 25.4. The Balaban J connectivity index is 1.70. The molecule has 0 radical (unpaired) electrons. The zero-order valence-corrected chi connectivity index (χ0v) is 19.9. The quantitative estimate of drug-likeness (QED) is 0.580. The topological polar surface area (TPSA) is 89.6 Å². The predicted octanol–water partition coefficient (Wildman–Crippen LogP) is 5.45. The van der Waals surface area contributed by atoms with Crippen LogP contribution < -0.4 is 15.4 Å². The molecule has 0 saturated heterocycles. The molecule has 2 atom stereocenters. The normalized spacial score (nSPS) is 18.2. The van der Waals surface area contributed by atoms with E-state index >= 15 is 0 Å². The van der Waals surface area contributed by atoms with E-state index in [0.29, 0.717) is 18.4 Å². The second-order valence-electron chi connectivity index (χ2n) is 9.32. The third kappa shape index (κ3) is 6.88. The van der Waals surface area contributed by atoms with Crippen molar-refractivity contribution in [1.29, 1.82) is 0 Å². The van der Waals surface area contributed by atoms with Crippen molar-refractivity contribution >= 4 is 17.8 Å². The van der Waals surface area contributed by atoms with E-state index in [2.05, 4.69) is 15.6 Å². The van der Waals surface area contributed by atoms with E-state index < -0.39 is 23.3 Å². The van der Waals surface area contributed by atoms with Crippen molar-refractivity contribution < 1.29 is 27.8 Å². The summed E-state index contributed by atoms with van der Waals surface area (Å²) in [7, 11) is 0. The number of pyridine rings is 1. The van der Waals surface area contributed by atoms with Crippen LogP contribution in [0.2, 0.25) is 0 Å². The van der Waals surface area contributed by atoms with Crippen LogP contribution in [0.25, 0.3) is 11.1 Å². The van der Waals surface area contributed by atoms with Gasteiger partial charge in [-0.15, -0.1) is 0 Å². The molecule has 7 nitrogen and oxygen atoms in total. The fourth-order valence-electron chi connectivity index (χ4n) is 3.97. The smallest absolute Gasteiger partial charge is 0.407 e. The SMILES string of the molecule is CCOc1cc(F)ccc1-c1cc(NC(=O)[C@H]2CCC[C@@H](NC(=O)OC(C)(C)C)C2)ncc1F. The van der Waals surface area contributed by atoms with Crippen molar-refractivity contribution in [3.8, 4) is 16.9 Å². The second-order valence-corrected chi connectivity index (χ2v) is 9.32. The molecule has 3 rings (SSSR count). The van der Waals surface area contributed by atoms with Crippen molar-refractivity contribution in [3.05, 3.63) is 42.1 Å². The first-order valence-corrected chi connectivity index (χ1v) is 11.4. The molecule has 1 aliphatic rings. The molecule has 184 valence electrons. The predicted molar refractivity (Wildman–Crippen MR) is 125 cm³/mol. The first-order valence-electron chi connectivity index (χ1n) is 11.4. The summed E-state index contributed by atoms with van der Waals surface area (Å²) in [5.74, 6) is -1.34. The minimum Gasteiger partial charge on any atom is -0.493 e. The molecule has 1 aliphatic carbocycles. The van der Waals surface area contributed by atoms with Crippen molar-refractivity contribution in [1.82, 2.24) is 10.3 Å². The number of ether oxygens (including phenoxy) is 2. The van der Waals surface area contributed by atoms with Gasteiger partial charge in [-0.3, -0.25) is 4.79 Å². The summed E-state index contributed by atoms with van der Waals surface area (Å²) in [5, 5.41) is 5.58. The number of nitrogens with zero attached hydrogens (tertiary/aromatic N) is 1. The molecular weight excluding hydrogens is 444 g/mol. The maximum atomic E-state index is 14.6. The van der Waals surface area contributed by atoms with Gasteiger partial charge in [0.15, 0.2) is 0 Å². The van der Waals surface area contributed by atoms with Crippen molar-refractivity contribution in [3.63, 3.8) is 0 Å². The average molecular weight is 476 g/mol. The maximum absolute atomic E-state index is 14.6. The summed E-state index contributed by atoms with van der Waals surface area (Å²) in [6.45, 7) is 7.40. The number of hydrogen-bond acceptors (Lipinski definition) is 5. The van der Waals surface area contributed by atoms with Crippen LogP contribution in [-0.4, -0.2) is 35.2 Å². The Morgan fingerprint density at radius 3 is 2.62 bits per heavy atom. The van der Waals surface area contributed by atoms with Gasteiger partial charge >= 0.3 is 6.09 Å². The molecule has 2 aromatic rings. The molecule has 1 aromatic heterocycles. The Morgan fingerprint density at radius 1 is 1.15 bits per heavy atom. The summed E-state index contributed by atoms with van der Waals surface area (Å²) >= 11 is 0. The molecule has 0 aliphatic heterocycles. The van der Waals surface area contributed by atoms with E-state index in [1.165, 1.54) is 24.3 Å². The van der Waals surface area contributed by atoms with Crippen molar-refractivity contribution in [2.45, 2.75) is 65.0 Å². The monoisotopic (exact) mass is 475 g/mol. The van der Waals surface area contributed by atoms with Crippen LogP contribution >= 0.6 is 0 Å². The Labute approximate surface area is 198 Å². The fourth-order valence-corrected chi connectivity index (χ4v) is 3.97. The average Bonchev–Trinajstić information content (AvgIpc) is 2.74. The Kier molecular flexibility index (Phi) is 8.06. The van der Waals surface area contributed by atoms with Gasteiger partial charge in [0.05, 0.1) is 12.8 Å². The summed E-state index contributed by atoms with van der Waals surface area (Å²) in [6.07, 6.45) is 3.16. The largest absolute Gasteiger partial charge is 0.493 e. The second kappa shape index (κ2) is 10.8. The number of halogens is 2. The number of amides is 2. The highest BCUT2D eigenvalue weighted by atomic mass is 19.1. The van der Waals surface area contributed by atoms with Crippen LogP contribution in [0.15, 0.2) is 30.5 Å². The molecule has 0 bridgehead atoms. The molecule has 2 N–H and O–H groups in total. The highest BCUT2D eigenvalue weighted by Crippen LogP contribution is 2.34. The Morgan fingerprint density at radius 2 is 1.91 bits per heavy atom. The Hall–Kier alpha value is -3.23. The van der Waals surface area contributed by atoms with E-state index in [-0.39, 0.29) is 41.6 Å². The third-order valence-corrected chi connectivity index (χ3v) is 5.41. The Bertz CT molecular complexity index is 1040. The number of alkyl carbamates (subject to hydrolysis) is 1. The fraction of sp³-hybridized carbons (Fsp3) is 0.480. The lowest BCUT2D eigenvalue weighted by Crippen LogP contribution is -2.43. The number of nitrogens with one attached hydrogen (secondary N) is 2. The number of anilines is 1. The minimum atomic E-state index is -0.621. The standard InChI is InChI=1S/C25H31F2N3O4/c1-5-33-21-12-16(26)9-10-18(21)19-13-22(28-14-20(19)27)30-23(31)15-7-6-8-17(11-15)29-24(32)34-25(2,3)4/h9-10,12-15,17H,5-8,11H2,1-4H3,(H,29,32)(H,28,30,31)/t15-,17+/m0/s1. The van der Waals surface area contributed by atoms with E-state index in [1.807, 2.05) is 0 Å². The number of hydrogen-bond donors (Lipinski definition) is 2. The van der Waals surface area contributed by atoms with Gasteiger partial charge in [-0.1, -0.05) is 6.42 Å². The van der Waals surface area contributed by atoms with Gasteiger partial charge in [0.25, 0.3) is 0 Å². The molecule has 2 amide bonds. The van der Waals surface area contributed by atoms with Crippen LogP contribution in [0, 0.1) is 17.6 Å². The molecule has 1 fully saturated rings. The molecule has 34 heavy (non-hydrogen) atoms. The zero-order valence-electron chi connectivity index (χ0n) is 19.9. The lowest BCUT2D eigenvalue weighted by Gasteiger charge is -2.30. The molecule has 1 heterocycles. The van der Waals surface area contributed by atoms with E-state index in [1.54, 1.807) is 27.7 Å². The van der Waals surface area contributed by atoms with Gasteiger partial charge in [-0.25, -0.2) is 18.6 Å². The van der Waals surface area contributed by atoms with E-state index in [9.17, 15) is 18.4 Å². The van der Waals surface area contributed by atoms with Gasteiger partial charge in [0, 0.05) is 29.2 Å². The van der Waals surface area contributed by atoms with E-state index in [4.69, 9.17) is 9.47 Å². The highest BCUT2D eigenvalue weighted by molar-refractivity contribution is 5.92. The van der Waals surface area contributed by atoms with Crippen LogP contribution in [-0.2, 0) is 9.53 Å². The number of benzene rings is 1. The van der Waals surface area contributed by atoms with Gasteiger partial charge in [0.2, 0.25) is 5.91 Å². The van der Waals surface area contributed by atoms with Gasteiger partial charge in [-0.05, 0) is 65.2 Å². The lowest BCUT2D eigenvalue weighted by molar-refractivity contribution is -0.121. The summed E-state index contributed by atoms with van der Waals surface area (Å²) < 4.78 is 39.0. The molecule has 1 saturated carbocycles. The van der Waals surface area contributed by atoms with Gasteiger partial charge < -0.3 is 20.1 Å². The maximum Gasteiger partial charge on any atom is 0.407 e. The summed E-state index contributed by atoms with van der Waals surface area (Å²) in [6, 6.07) is 5.07. The summed E-state index contributed by atoms with van der Waals surface area (Å²) in [5.41, 5.74) is -0.103. The van der Waals surface area contributed by atoms with E-state index in [0.717, 1.165) is 19.0 Å². The van der Waals surface area contributed by atoms with Crippen molar-refractivity contribution in [2.24, 2.45) is 5.92 Å². The molecule has 0 unspecified atom stereocenters. The number of rotatable bonds is 6. The minimum absolute atomic E-state index is 0.141. The van der Waals surface area contributed by atoms with Crippen LogP contribution in [0.1, 0.15) is 53.4 Å². The van der Waals surface area contributed by atoms with Crippen LogP contribution in [0.3, 0.4) is 0 Å². The highest BCUT2D eigenvalue weighted by Gasteiger charge is 2.30. The number of carbonyl (C=O) groups excluding carboxylic acids is 2. The molecular formula is C25H31F2N3O4. The molecule has 0 spiro atoms. The van der Waals surface area contributed by atoms with Crippen LogP contribution in [0.4, 0.5) is 19.4 Å². The third-order valence-electron chi connectivity index (χ3n) is 5.41. The van der Waals surface area contributed by atoms with Gasteiger partial charge in [0.1, 0.15) is 28.8 Å².